The van der Waals surface area contributed by atoms with Crippen molar-refractivity contribution in [1.82, 2.24) is 25.0 Å². The molecule has 3 N–H and O–H groups in total. The lowest BCUT2D eigenvalue weighted by molar-refractivity contribution is -0.321. The quantitative estimate of drug-likeness (QED) is 0.409. The molecule has 0 radical (unpaired) electrons. The Morgan fingerprint density at radius 1 is 1.16 bits per heavy atom. The summed E-state index contributed by atoms with van der Waals surface area (Å²) >= 11 is 0. The largest absolute Gasteiger partial charge is 0.361 e. The Hall–Kier alpha value is -3.73. The zero-order valence-electron chi connectivity index (χ0n) is 26.0. The number of ether oxygens (including phenoxy) is 1. The van der Waals surface area contributed by atoms with Crippen LogP contribution in [-0.4, -0.2) is 92.4 Å². The third kappa shape index (κ3) is 4.08. The van der Waals surface area contributed by atoms with Gasteiger partial charge in [0.15, 0.2) is 0 Å². The Balaban J connectivity index is 1.12. The maximum atomic E-state index is 14.6. The summed E-state index contributed by atoms with van der Waals surface area (Å²) in [5.41, 5.74) is 2.75. The van der Waals surface area contributed by atoms with Crippen LogP contribution in [0.25, 0.3) is 10.9 Å². The number of rotatable bonds is 5. The second kappa shape index (κ2) is 10.1. The molecule has 5 aliphatic rings. The van der Waals surface area contributed by atoms with Crippen molar-refractivity contribution in [2.24, 2.45) is 11.8 Å². The Labute approximate surface area is 262 Å². The molecule has 1 aromatic heterocycles. The summed E-state index contributed by atoms with van der Waals surface area (Å²) < 4.78 is 6.51. The van der Waals surface area contributed by atoms with E-state index in [1.807, 2.05) is 44.2 Å². The molecule has 10 heteroatoms. The highest BCUT2D eigenvalue weighted by atomic mass is 16.7. The molecule has 4 saturated heterocycles. The van der Waals surface area contributed by atoms with Crippen molar-refractivity contribution in [1.29, 1.82) is 0 Å². The highest BCUT2D eigenvalue weighted by molar-refractivity contribution is 5.98. The van der Waals surface area contributed by atoms with Gasteiger partial charge in [-0.2, -0.15) is 0 Å². The minimum atomic E-state index is -2.04. The molecule has 0 saturated carbocycles. The van der Waals surface area contributed by atoms with Gasteiger partial charge in [-0.3, -0.25) is 24.0 Å². The zero-order valence-corrected chi connectivity index (χ0v) is 26.0. The highest BCUT2D eigenvalue weighted by Gasteiger charge is 2.72. The van der Waals surface area contributed by atoms with Crippen LogP contribution in [0.3, 0.4) is 0 Å². The monoisotopic (exact) mass is 611 g/mol. The number of fused-ring (bicyclic) bond motifs is 5. The Kier molecular flexibility index (Phi) is 6.47. The van der Waals surface area contributed by atoms with Gasteiger partial charge in [0.05, 0.1) is 5.92 Å². The number of nitrogens with one attached hydrogen (secondary N) is 2. The van der Waals surface area contributed by atoms with Crippen LogP contribution >= 0.6 is 0 Å². The molecule has 4 fully saturated rings. The first-order chi connectivity index (χ1) is 21.6. The second-order valence-corrected chi connectivity index (χ2v) is 14.0. The fourth-order valence-corrected chi connectivity index (χ4v) is 8.99. The van der Waals surface area contributed by atoms with E-state index in [9.17, 15) is 19.5 Å². The van der Waals surface area contributed by atoms with E-state index in [1.54, 1.807) is 4.90 Å². The lowest BCUT2D eigenvalue weighted by Gasteiger charge is -2.48. The summed E-state index contributed by atoms with van der Waals surface area (Å²) in [6.45, 7) is 4.68. The Morgan fingerprint density at radius 3 is 2.73 bits per heavy atom. The molecule has 236 valence electrons. The van der Waals surface area contributed by atoms with E-state index in [2.05, 4.69) is 46.6 Å². The summed E-state index contributed by atoms with van der Waals surface area (Å²) in [6.07, 6.45) is 5.12. The number of H-pyrrole nitrogens is 1. The fraction of sp³-hybridized carbons (Fsp3) is 0.514. The lowest BCUT2D eigenvalue weighted by Crippen LogP contribution is -2.71. The zero-order chi connectivity index (χ0) is 31.2. The molecule has 2 aromatic carbocycles. The number of carbonyl (C=O) groups excluding carboxylic acids is 3. The smallest absolute Gasteiger partial charge is 0.281 e. The summed E-state index contributed by atoms with van der Waals surface area (Å²) in [6, 6.07) is 14.5. The molecular weight excluding hydrogens is 570 g/mol. The minimum Gasteiger partial charge on any atom is -0.361 e. The summed E-state index contributed by atoms with van der Waals surface area (Å²) in [7, 11) is 2.07. The molecule has 2 unspecified atom stereocenters. The van der Waals surface area contributed by atoms with Gasteiger partial charge >= 0.3 is 0 Å². The molecule has 7 atom stereocenters. The average molecular weight is 612 g/mol. The van der Waals surface area contributed by atoms with Gasteiger partial charge in [-0.1, -0.05) is 56.3 Å². The standard InChI is InChI=1S/C35H41N5O5/c1-20(2)34(37-31(41)23-16-25-24-11-7-12-26-30(24)22(18-36-26)17-27(25)38(3)19-23)33(43)40-28(15-21-9-5-4-6-10-21)32(42)39-14-8-13-29(39)35(40,44)45-34/h4-7,9-12,18,20,23,25,27-29,36,44H,8,13-17,19H2,1-3H3,(H,37,41)/t23-,25?,27+,28+,29?,34+,35-/m0/s1. The molecule has 0 spiro atoms. The minimum absolute atomic E-state index is 0.164. The van der Waals surface area contributed by atoms with E-state index >= 15 is 0 Å². The maximum Gasteiger partial charge on any atom is 0.281 e. The Bertz CT molecular complexity index is 1690. The number of carbonyl (C=O) groups is 3. The van der Waals surface area contributed by atoms with Gasteiger partial charge in [-0.15, -0.1) is 0 Å². The van der Waals surface area contributed by atoms with Gasteiger partial charge in [0.2, 0.25) is 17.5 Å². The molecular formula is C35H41N5O5. The number of nitrogens with zero attached hydrogens (tertiary/aromatic N) is 3. The SMILES string of the molecule is CC(C)[C@@]1(NC(=O)[C@H]2CC3c4cccc5[nH]cc(c45)C[C@H]3N(C)C2)O[C@@]2(O)C3CCCN3C(=O)[C@@H](Cc3ccccc3)N2C1=O. The van der Waals surface area contributed by atoms with E-state index in [0.29, 0.717) is 32.4 Å². The van der Waals surface area contributed by atoms with E-state index in [4.69, 9.17) is 4.74 Å². The van der Waals surface area contributed by atoms with E-state index in [1.165, 1.54) is 21.4 Å². The van der Waals surface area contributed by atoms with E-state index in [-0.39, 0.29) is 30.2 Å². The van der Waals surface area contributed by atoms with Crippen molar-refractivity contribution < 1.29 is 24.2 Å². The topological polar surface area (TPSA) is 118 Å². The number of likely N-dealkylation sites (N-methyl/N-ethyl adjacent to an activating group) is 1. The fourth-order valence-electron chi connectivity index (χ4n) is 8.99. The van der Waals surface area contributed by atoms with Crippen LogP contribution in [0.2, 0.25) is 0 Å². The van der Waals surface area contributed by atoms with E-state index < -0.39 is 41.5 Å². The number of amides is 3. The predicted octanol–water partition coefficient (Wildman–Crippen LogP) is 2.72. The van der Waals surface area contributed by atoms with Crippen LogP contribution in [0.1, 0.15) is 55.7 Å². The number of piperidine rings is 1. The van der Waals surface area contributed by atoms with Crippen LogP contribution in [-0.2, 0) is 32.0 Å². The van der Waals surface area contributed by atoms with Crippen molar-refractivity contribution in [2.45, 2.75) is 81.6 Å². The van der Waals surface area contributed by atoms with Gasteiger partial charge in [0.1, 0.15) is 12.1 Å². The molecule has 10 nitrogen and oxygen atoms in total. The van der Waals surface area contributed by atoms with Crippen LogP contribution in [0.5, 0.6) is 0 Å². The first kappa shape index (κ1) is 28.7. The Morgan fingerprint density at radius 2 is 1.96 bits per heavy atom. The molecule has 8 rings (SSSR count). The normalized spacial score (nSPS) is 34.3. The summed E-state index contributed by atoms with van der Waals surface area (Å²) in [4.78, 5) is 51.4. The third-order valence-corrected chi connectivity index (χ3v) is 11.2. The molecule has 5 heterocycles. The first-order valence-electron chi connectivity index (χ1n) is 16.3. The van der Waals surface area contributed by atoms with E-state index in [0.717, 1.165) is 17.5 Å². The van der Waals surface area contributed by atoms with Crippen LogP contribution < -0.4 is 5.32 Å². The van der Waals surface area contributed by atoms with Gasteiger partial charge in [-0.05, 0) is 55.5 Å². The van der Waals surface area contributed by atoms with Gasteiger partial charge in [-0.25, -0.2) is 0 Å². The number of benzene rings is 2. The number of likely N-dealkylation sites (tertiary alicyclic amines) is 1. The average Bonchev–Trinajstić information content (AvgIpc) is 3.74. The number of aromatic nitrogens is 1. The first-order valence-corrected chi connectivity index (χ1v) is 16.3. The molecule has 1 aliphatic carbocycles. The van der Waals surface area contributed by atoms with Crippen LogP contribution in [0.4, 0.5) is 0 Å². The van der Waals surface area contributed by atoms with Crippen molar-refractivity contribution in [2.75, 3.05) is 20.1 Å². The summed E-state index contributed by atoms with van der Waals surface area (Å²) in [5.74, 6) is -3.80. The van der Waals surface area contributed by atoms with Gasteiger partial charge in [0.25, 0.3) is 11.8 Å². The number of aromatic amines is 1. The molecule has 4 aliphatic heterocycles. The van der Waals surface area contributed by atoms with Crippen LogP contribution in [0, 0.1) is 11.8 Å². The lowest BCUT2D eigenvalue weighted by atomic mass is 9.72. The number of aliphatic hydroxyl groups is 1. The van der Waals surface area contributed by atoms with Crippen molar-refractivity contribution >= 4 is 28.6 Å². The van der Waals surface area contributed by atoms with Crippen molar-refractivity contribution in [3.8, 4) is 0 Å². The van der Waals surface area contributed by atoms with Crippen molar-refractivity contribution in [3.63, 3.8) is 0 Å². The highest BCUT2D eigenvalue weighted by Crippen LogP contribution is 2.49. The second-order valence-electron chi connectivity index (χ2n) is 14.0. The molecule has 3 aromatic rings. The molecule has 45 heavy (non-hydrogen) atoms. The van der Waals surface area contributed by atoms with Gasteiger partial charge in [0, 0.05) is 54.5 Å². The number of hydrogen-bond donors (Lipinski definition) is 3. The maximum absolute atomic E-state index is 14.6. The number of piperazine rings is 1. The molecule has 3 amide bonds. The number of hydrogen-bond acceptors (Lipinski definition) is 6. The van der Waals surface area contributed by atoms with Gasteiger partial charge < -0.3 is 25.2 Å². The third-order valence-electron chi connectivity index (χ3n) is 11.2. The predicted molar refractivity (Wildman–Crippen MR) is 167 cm³/mol. The molecule has 0 bridgehead atoms. The van der Waals surface area contributed by atoms with Crippen molar-refractivity contribution in [3.05, 3.63) is 71.4 Å². The summed E-state index contributed by atoms with van der Waals surface area (Å²) in [5, 5.41) is 16.6. The van der Waals surface area contributed by atoms with Crippen LogP contribution in [0.15, 0.2) is 54.7 Å².